The van der Waals surface area contributed by atoms with Gasteiger partial charge in [-0.15, -0.1) is 0 Å². The number of rotatable bonds is 2. The number of nitrogens with zero attached hydrogens (tertiary/aromatic N) is 1. The maximum absolute atomic E-state index is 11.5. The summed E-state index contributed by atoms with van der Waals surface area (Å²) in [6.07, 6.45) is 2.04. The van der Waals surface area contributed by atoms with Crippen LogP contribution in [0.15, 0.2) is 54.6 Å². The Balaban J connectivity index is 2.02. The number of benzene rings is 2. The first-order valence-corrected chi connectivity index (χ1v) is 6.25. The van der Waals surface area contributed by atoms with E-state index < -0.39 is 0 Å². The SMILES string of the molecule is O=CC1c2ccccc2CCN1c1ccccc1. The van der Waals surface area contributed by atoms with E-state index in [9.17, 15) is 4.79 Å². The van der Waals surface area contributed by atoms with Crippen molar-refractivity contribution in [2.24, 2.45) is 0 Å². The third kappa shape index (κ3) is 1.80. The van der Waals surface area contributed by atoms with Crippen molar-refractivity contribution in [1.82, 2.24) is 0 Å². The predicted octanol–water partition coefficient (Wildman–Crippen LogP) is 2.99. The molecule has 0 saturated carbocycles. The summed E-state index contributed by atoms with van der Waals surface area (Å²) in [6.45, 7) is 0.893. The molecule has 2 nitrogen and oxygen atoms in total. The van der Waals surface area contributed by atoms with Gasteiger partial charge in [0.05, 0.1) is 0 Å². The number of fused-ring (bicyclic) bond motifs is 1. The number of hydrogen-bond acceptors (Lipinski definition) is 2. The molecule has 3 rings (SSSR count). The first-order chi connectivity index (χ1) is 8.90. The van der Waals surface area contributed by atoms with Gasteiger partial charge in [-0.2, -0.15) is 0 Å². The minimum absolute atomic E-state index is 0.155. The molecule has 1 unspecified atom stereocenters. The topological polar surface area (TPSA) is 20.3 Å². The van der Waals surface area contributed by atoms with Gasteiger partial charge in [-0.05, 0) is 29.7 Å². The van der Waals surface area contributed by atoms with Crippen molar-refractivity contribution in [2.75, 3.05) is 11.4 Å². The number of carbonyl (C=O) groups excluding carboxylic acids is 1. The zero-order valence-corrected chi connectivity index (χ0v) is 10.1. The molecule has 1 atom stereocenters. The molecule has 2 heteroatoms. The summed E-state index contributed by atoms with van der Waals surface area (Å²) in [5.41, 5.74) is 3.55. The smallest absolute Gasteiger partial charge is 0.146 e. The highest BCUT2D eigenvalue weighted by molar-refractivity contribution is 5.71. The second kappa shape index (κ2) is 4.65. The minimum atomic E-state index is -0.155. The van der Waals surface area contributed by atoms with E-state index in [1.54, 1.807) is 0 Å². The van der Waals surface area contributed by atoms with Gasteiger partial charge in [0, 0.05) is 12.2 Å². The molecule has 0 aliphatic carbocycles. The normalized spacial score (nSPS) is 18.2. The van der Waals surface area contributed by atoms with Crippen LogP contribution < -0.4 is 4.90 Å². The van der Waals surface area contributed by atoms with Crippen molar-refractivity contribution in [1.29, 1.82) is 0 Å². The first-order valence-electron chi connectivity index (χ1n) is 6.25. The standard InChI is InChI=1S/C16H15NO/c18-12-16-15-9-5-4-6-13(15)10-11-17(16)14-7-2-1-3-8-14/h1-9,12,16H,10-11H2. The van der Waals surface area contributed by atoms with Crippen LogP contribution in [0.2, 0.25) is 0 Å². The maximum atomic E-state index is 11.5. The lowest BCUT2D eigenvalue weighted by Gasteiger charge is -2.36. The highest BCUT2D eigenvalue weighted by Crippen LogP contribution is 2.32. The number of aldehydes is 1. The van der Waals surface area contributed by atoms with Crippen LogP contribution >= 0.6 is 0 Å². The van der Waals surface area contributed by atoms with Gasteiger partial charge in [0.2, 0.25) is 0 Å². The average Bonchev–Trinajstić information content (AvgIpc) is 2.47. The van der Waals surface area contributed by atoms with Gasteiger partial charge >= 0.3 is 0 Å². The monoisotopic (exact) mass is 237 g/mol. The van der Waals surface area contributed by atoms with Crippen molar-refractivity contribution < 1.29 is 4.79 Å². The summed E-state index contributed by atoms with van der Waals surface area (Å²) in [7, 11) is 0. The van der Waals surface area contributed by atoms with Gasteiger partial charge in [0.15, 0.2) is 0 Å². The van der Waals surface area contributed by atoms with Crippen LogP contribution in [0, 0.1) is 0 Å². The fourth-order valence-corrected chi connectivity index (χ4v) is 2.65. The Labute approximate surface area is 107 Å². The molecule has 18 heavy (non-hydrogen) atoms. The molecule has 1 aliphatic rings. The van der Waals surface area contributed by atoms with Crippen molar-refractivity contribution in [2.45, 2.75) is 12.5 Å². The van der Waals surface area contributed by atoms with Crippen molar-refractivity contribution in [3.05, 3.63) is 65.7 Å². The lowest BCUT2D eigenvalue weighted by atomic mass is 9.93. The van der Waals surface area contributed by atoms with Gasteiger partial charge < -0.3 is 9.69 Å². The first kappa shape index (κ1) is 11.0. The highest BCUT2D eigenvalue weighted by atomic mass is 16.1. The van der Waals surface area contributed by atoms with Crippen LogP contribution in [0.25, 0.3) is 0 Å². The molecular weight excluding hydrogens is 222 g/mol. The molecule has 0 bridgehead atoms. The minimum Gasteiger partial charge on any atom is -0.357 e. The summed E-state index contributed by atoms with van der Waals surface area (Å²) in [5, 5.41) is 0. The highest BCUT2D eigenvalue weighted by Gasteiger charge is 2.26. The Morgan fingerprint density at radius 2 is 1.72 bits per heavy atom. The van der Waals surface area contributed by atoms with E-state index in [1.165, 1.54) is 5.56 Å². The van der Waals surface area contributed by atoms with Gasteiger partial charge in [-0.3, -0.25) is 0 Å². The van der Waals surface area contributed by atoms with Crippen LogP contribution in [-0.2, 0) is 11.2 Å². The van der Waals surface area contributed by atoms with Crippen molar-refractivity contribution in [3.8, 4) is 0 Å². The third-order valence-electron chi connectivity index (χ3n) is 3.55. The molecule has 0 aromatic heterocycles. The summed E-state index contributed by atoms with van der Waals surface area (Å²) in [6, 6.07) is 18.2. The van der Waals surface area contributed by atoms with E-state index in [2.05, 4.69) is 29.2 Å². The second-order valence-corrected chi connectivity index (χ2v) is 4.56. The third-order valence-corrected chi connectivity index (χ3v) is 3.55. The Bertz CT molecular complexity index is 550. The summed E-state index contributed by atoms with van der Waals surface area (Å²) >= 11 is 0. The van der Waals surface area contributed by atoms with E-state index >= 15 is 0 Å². The number of hydrogen-bond donors (Lipinski definition) is 0. The quantitative estimate of drug-likeness (QED) is 0.748. The van der Waals surface area contributed by atoms with E-state index in [0.29, 0.717) is 0 Å². The van der Waals surface area contributed by atoms with Crippen molar-refractivity contribution >= 4 is 12.0 Å². The van der Waals surface area contributed by atoms with E-state index in [-0.39, 0.29) is 6.04 Å². The second-order valence-electron chi connectivity index (χ2n) is 4.56. The van der Waals surface area contributed by atoms with Crippen LogP contribution in [-0.4, -0.2) is 12.8 Å². The molecule has 0 fully saturated rings. The average molecular weight is 237 g/mol. The lowest BCUT2D eigenvalue weighted by Crippen LogP contribution is -2.36. The van der Waals surface area contributed by atoms with Crippen molar-refractivity contribution in [3.63, 3.8) is 0 Å². The van der Waals surface area contributed by atoms with Crippen LogP contribution in [0.4, 0.5) is 5.69 Å². The Hall–Kier alpha value is -2.09. The Morgan fingerprint density at radius 3 is 2.50 bits per heavy atom. The summed E-state index contributed by atoms with van der Waals surface area (Å²) < 4.78 is 0. The van der Waals surface area contributed by atoms with E-state index in [1.807, 2.05) is 30.3 Å². The Kier molecular flexibility index (Phi) is 2.85. The van der Waals surface area contributed by atoms with Gasteiger partial charge in [0.1, 0.15) is 12.3 Å². The maximum Gasteiger partial charge on any atom is 0.146 e. The number of anilines is 1. The molecule has 0 saturated heterocycles. The van der Waals surface area contributed by atoms with Gasteiger partial charge in [-0.1, -0.05) is 42.5 Å². The lowest BCUT2D eigenvalue weighted by molar-refractivity contribution is -0.109. The molecular formula is C16H15NO. The van der Waals surface area contributed by atoms with Crippen LogP contribution in [0.1, 0.15) is 17.2 Å². The zero-order chi connectivity index (χ0) is 12.4. The fourth-order valence-electron chi connectivity index (χ4n) is 2.65. The molecule has 0 N–H and O–H groups in total. The molecule has 90 valence electrons. The molecule has 2 aromatic rings. The van der Waals surface area contributed by atoms with E-state index in [0.717, 1.165) is 30.5 Å². The van der Waals surface area contributed by atoms with Gasteiger partial charge in [-0.25, -0.2) is 0 Å². The van der Waals surface area contributed by atoms with Gasteiger partial charge in [0.25, 0.3) is 0 Å². The molecule has 1 heterocycles. The van der Waals surface area contributed by atoms with Crippen LogP contribution in [0.3, 0.4) is 0 Å². The molecule has 0 amide bonds. The Morgan fingerprint density at radius 1 is 1.00 bits per heavy atom. The molecule has 2 aromatic carbocycles. The van der Waals surface area contributed by atoms with Crippen LogP contribution in [0.5, 0.6) is 0 Å². The number of carbonyl (C=O) groups is 1. The molecule has 1 aliphatic heterocycles. The zero-order valence-electron chi connectivity index (χ0n) is 10.1. The fraction of sp³-hybridized carbons (Fsp3) is 0.188. The molecule has 0 radical (unpaired) electrons. The summed E-state index contributed by atoms with van der Waals surface area (Å²) in [4.78, 5) is 13.6. The number of para-hydroxylation sites is 1. The predicted molar refractivity (Wildman–Crippen MR) is 72.7 cm³/mol. The largest absolute Gasteiger partial charge is 0.357 e. The molecule has 0 spiro atoms. The van der Waals surface area contributed by atoms with E-state index in [4.69, 9.17) is 0 Å². The summed E-state index contributed by atoms with van der Waals surface area (Å²) in [5.74, 6) is 0.